The maximum Gasteiger partial charge on any atom is 0.435 e. The third-order valence-electron chi connectivity index (χ3n) is 5.65. The van der Waals surface area contributed by atoms with Crippen molar-refractivity contribution < 1.29 is 22.8 Å². The van der Waals surface area contributed by atoms with E-state index in [2.05, 4.69) is 15.7 Å². The van der Waals surface area contributed by atoms with Gasteiger partial charge in [-0.25, -0.2) is 4.68 Å². The molecule has 172 valence electrons. The third-order valence-corrected chi connectivity index (χ3v) is 5.65. The molecule has 2 amide bonds. The zero-order chi connectivity index (χ0) is 23.4. The van der Waals surface area contributed by atoms with E-state index in [1.54, 1.807) is 0 Å². The number of hydrogen-bond donors (Lipinski definition) is 2. The van der Waals surface area contributed by atoms with E-state index in [9.17, 15) is 22.8 Å². The van der Waals surface area contributed by atoms with Crippen molar-refractivity contribution >= 4 is 17.5 Å². The lowest BCUT2D eigenvalue weighted by Gasteiger charge is -2.12. The summed E-state index contributed by atoms with van der Waals surface area (Å²) < 4.78 is 39.3. The number of alkyl halides is 3. The maximum atomic E-state index is 12.7. The molecule has 1 fully saturated rings. The highest BCUT2D eigenvalue weighted by Gasteiger charge is 2.33. The molecule has 2 aromatic carbocycles. The summed E-state index contributed by atoms with van der Waals surface area (Å²) in [4.78, 5) is 24.8. The number of halogens is 3. The SMILES string of the molecule is O=C(NCc1cccc(NC(=O)C2CCCC2)c1)c1ccc(-n2ccc(C(F)(F)F)n2)cc1. The van der Waals surface area contributed by atoms with Gasteiger partial charge >= 0.3 is 6.18 Å². The van der Waals surface area contributed by atoms with Crippen molar-refractivity contribution in [2.75, 3.05) is 5.32 Å². The van der Waals surface area contributed by atoms with Crippen LogP contribution in [0.1, 0.15) is 47.3 Å². The van der Waals surface area contributed by atoms with E-state index in [0.29, 0.717) is 16.9 Å². The Hall–Kier alpha value is -3.62. The van der Waals surface area contributed by atoms with E-state index in [4.69, 9.17) is 0 Å². The molecule has 1 aliphatic carbocycles. The number of rotatable bonds is 6. The first-order valence-corrected chi connectivity index (χ1v) is 10.7. The lowest BCUT2D eigenvalue weighted by Crippen LogP contribution is -2.23. The molecule has 4 rings (SSSR count). The Morgan fingerprint density at radius 3 is 2.42 bits per heavy atom. The summed E-state index contributed by atoms with van der Waals surface area (Å²) in [5, 5.41) is 9.27. The van der Waals surface area contributed by atoms with E-state index in [-0.39, 0.29) is 24.3 Å². The lowest BCUT2D eigenvalue weighted by atomic mass is 10.1. The van der Waals surface area contributed by atoms with Gasteiger partial charge in [0.15, 0.2) is 5.69 Å². The van der Waals surface area contributed by atoms with Gasteiger partial charge in [0.2, 0.25) is 5.91 Å². The van der Waals surface area contributed by atoms with Crippen LogP contribution in [-0.4, -0.2) is 21.6 Å². The third kappa shape index (κ3) is 5.60. The number of carbonyl (C=O) groups excluding carboxylic acids is 2. The number of nitrogens with zero attached hydrogens (tertiary/aromatic N) is 2. The van der Waals surface area contributed by atoms with Gasteiger partial charge in [0, 0.05) is 29.9 Å². The van der Waals surface area contributed by atoms with Crippen LogP contribution in [0, 0.1) is 5.92 Å². The lowest BCUT2D eigenvalue weighted by molar-refractivity contribution is -0.141. The monoisotopic (exact) mass is 456 g/mol. The fourth-order valence-electron chi connectivity index (χ4n) is 3.86. The zero-order valence-electron chi connectivity index (χ0n) is 17.7. The van der Waals surface area contributed by atoms with Crippen molar-refractivity contribution in [2.24, 2.45) is 5.92 Å². The summed E-state index contributed by atoms with van der Waals surface area (Å²) in [5.41, 5.74) is 1.33. The Morgan fingerprint density at radius 2 is 1.76 bits per heavy atom. The minimum atomic E-state index is -4.51. The quantitative estimate of drug-likeness (QED) is 0.551. The van der Waals surface area contributed by atoms with E-state index in [1.165, 1.54) is 30.5 Å². The summed E-state index contributed by atoms with van der Waals surface area (Å²) in [7, 11) is 0. The predicted octanol–water partition coefficient (Wildman–Crippen LogP) is 4.95. The normalized spacial score (nSPS) is 14.3. The number of aromatic nitrogens is 2. The van der Waals surface area contributed by atoms with Crippen LogP contribution >= 0.6 is 0 Å². The van der Waals surface area contributed by atoms with Crippen molar-refractivity contribution in [3.8, 4) is 5.69 Å². The van der Waals surface area contributed by atoms with Crippen LogP contribution in [-0.2, 0) is 17.5 Å². The first-order chi connectivity index (χ1) is 15.8. The second-order valence-corrected chi connectivity index (χ2v) is 8.04. The highest BCUT2D eigenvalue weighted by molar-refractivity contribution is 5.94. The summed E-state index contributed by atoms with van der Waals surface area (Å²) in [6.45, 7) is 0.266. The molecule has 0 bridgehead atoms. The molecule has 1 aromatic heterocycles. The fraction of sp³-hybridized carbons (Fsp3) is 0.292. The Bertz CT molecular complexity index is 1130. The largest absolute Gasteiger partial charge is 0.435 e. The Labute approximate surface area is 188 Å². The van der Waals surface area contributed by atoms with Crippen LogP contribution in [0.15, 0.2) is 60.8 Å². The molecule has 0 aliphatic heterocycles. The molecule has 0 radical (unpaired) electrons. The highest BCUT2D eigenvalue weighted by atomic mass is 19.4. The van der Waals surface area contributed by atoms with Gasteiger partial charge in [-0.3, -0.25) is 9.59 Å². The Morgan fingerprint density at radius 1 is 1.03 bits per heavy atom. The second-order valence-electron chi connectivity index (χ2n) is 8.04. The molecule has 0 spiro atoms. The fourth-order valence-corrected chi connectivity index (χ4v) is 3.86. The molecule has 3 aromatic rings. The molecule has 0 saturated heterocycles. The number of nitrogens with one attached hydrogen (secondary N) is 2. The van der Waals surface area contributed by atoms with Gasteiger partial charge in [0.1, 0.15) is 0 Å². The molecule has 33 heavy (non-hydrogen) atoms. The van der Waals surface area contributed by atoms with Gasteiger partial charge in [-0.05, 0) is 60.9 Å². The van der Waals surface area contributed by atoms with Gasteiger partial charge < -0.3 is 10.6 Å². The van der Waals surface area contributed by atoms with E-state index < -0.39 is 11.9 Å². The first-order valence-electron chi connectivity index (χ1n) is 10.7. The summed E-state index contributed by atoms with van der Waals surface area (Å²) in [5.74, 6) is -0.218. The van der Waals surface area contributed by atoms with E-state index >= 15 is 0 Å². The van der Waals surface area contributed by atoms with Crippen molar-refractivity contribution in [2.45, 2.75) is 38.4 Å². The Balaban J connectivity index is 1.34. The molecule has 9 heteroatoms. The molecule has 0 atom stereocenters. The average Bonchev–Trinajstić information content (AvgIpc) is 3.50. The summed E-state index contributed by atoms with van der Waals surface area (Å²) >= 11 is 0. The number of carbonyl (C=O) groups is 2. The van der Waals surface area contributed by atoms with Crippen molar-refractivity contribution in [1.29, 1.82) is 0 Å². The maximum absolute atomic E-state index is 12.7. The topological polar surface area (TPSA) is 76.0 Å². The summed E-state index contributed by atoms with van der Waals surface area (Å²) in [6.07, 6.45) is 0.718. The van der Waals surface area contributed by atoms with Gasteiger partial charge in [0.25, 0.3) is 5.91 Å². The van der Waals surface area contributed by atoms with Gasteiger partial charge in [-0.1, -0.05) is 25.0 Å². The van der Waals surface area contributed by atoms with E-state index in [1.807, 2.05) is 24.3 Å². The van der Waals surface area contributed by atoms with Gasteiger partial charge in [0.05, 0.1) is 5.69 Å². The Kier molecular flexibility index (Phi) is 6.48. The minimum absolute atomic E-state index is 0.0355. The van der Waals surface area contributed by atoms with Gasteiger partial charge in [-0.15, -0.1) is 0 Å². The van der Waals surface area contributed by atoms with Crippen LogP contribution < -0.4 is 10.6 Å². The first kappa shape index (κ1) is 22.6. The van der Waals surface area contributed by atoms with Crippen LogP contribution in [0.5, 0.6) is 0 Å². The highest BCUT2D eigenvalue weighted by Crippen LogP contribution is 2.28. The molecule has 1 saturated carbocycles. The standard InChI is InChI=1S/C24H23F3N4O2/c25-24(26,27)21-12-13-31(30-21)20-10-8-18(9-11-20)22(32)28-15-16-4-3-7-19(14-16)29-23(33)17-5-1-2-6-17/h3-4,7-14,17H,1-2,5-6,15H2,(H,28,32)(H,29,33). The average molecular weight is 456 g/mol. The second kappa shape index (κ2) is 9.48. The molecular formula is C24H23F3N4O2. The molecular weight excluding hydrogens is 433 g/mol. The summed E-state index contributed by atoms with van der Waals surface area (Å²) in [6, 6.07) is 14.3. The molecule has 0 unspecified atom stereocenters. The molecule has 1 aliphatic rings. The van der Waals surface area contributed by atoms with E-state index in [0.717, 1.165) is 42.0 Å². The zero-order valence-corrected chi connectivity index (χ0v) is 17.7. The smallest absolute Gasteiger partial charge is 0.348 e. The predicted molar refractivity (Wildman–Crippen MR) is 117 cm³/mol. The number of benzene rings is 2. The van der Waals surface area contributed by atoms with Crippen LogP contribution in [0.4, 0.5) is 18.9 Å². The van der Waals surface area contributed by atoms with Crippen molar-refractivity contribution in [1.82, 2.24) is 15.1 Å². The van der Waals surface area contributed by atoms with Crippen molar-refractivity contribution in [3.05, 3.63) is 77.6 Å². The van der Waals surface area contributed by atoms with Crippen molar-refractivity contribution in [3.63, 3.8) is 0 Å². The van der Waals surface area contributed by atoms with Crippen LogP contribution in [0.2, 0.25) is 0 Å². The van der Waals surface area contributed by atoms with Crippen LogP contribution in [0.3, 0.4) is 0 Å². The number of amides is 2. The molecule has 6 nitrogen and oxygen atoms in total. The molecule has 2 N–H and O–H groups in total. The minimum Gasteiger partial charge on any atom is -0.348 e. The van der Waals surface area contributed by atoms with Crippen LogP contribution in [0.25, 0.3) is 5.69 Å². The number of anilines is 1. The molecule has 1 heterocycles. The van der Waals surface area contributed by atoms with Gasteiger partial charge in [-0.2, -0.15) is 18.3 Å². The number of hydrogen-bond acceptors (Lipinski definition) is 3.